The topological polar surface area (TPSA) is 49.4 Å². The maximum absolute atomic E-state index is 11.6. The Labute approximate surface area is 81.4 Å². The summed E-state index contributed by atoms with van der Waals surface area (Å²) in [6, 6.07) is 0.0480. The van der Waals surface area contributed by atoms with Crippen LogP contribution in [0.2, 0.25) is 0 Å². The van der Waals surface area contributed by atoms with Gasteiger partial charge < -0.3 is 5.32 Å². The van der Waals surface area contributed by atoms with Crippen LogP contribution >= 0.6 is 0 Å². The predicted molar refractivity (Wildman–Crippen MR) is 55.2 cm³/mol. The van der Waals surface area contributed by atoms with Crippen molar-refractivity contribution >= 4 is 10.0 Å². The van der Waals surface area contributed by atoms with Gasteiger partial charge in [0.2, 0.25) is 10.0 Å². The smallest absolute Gasteiger partial charge is 0.215 e. The van der Waals surface area contributed by atoms with Gasteiger partial charge in [0.15, 0.2) is 0 Å². The number of nitrogens with zero attached hydrogens (tertiary/aromatic N) is 1. The molecule has 0 heterocycles. The van der Waals surface area contributed by atoms with E-state index in [9.17, 15) is 8.42 Å². The SMILES string of the molecule is CCN(C(C)C)S(=O)(=O)CCNC. The number of sulfonamides is 1. The van der Waals surface area contributed by atoms with E-state index in [1.165, 1.54) is 4.31 Å². The summed E-state index contributed by atoms with van der Waals surface area (Å²) in [4.78, 5) is 0. The van der Waals surface area contributed by atoms with E-state index in [4.69, 9.17) is 0 Å². The minimum absolute atomic E-state index is 0.0480. The van der Waals surface area contributed by atoms with Crippen LogP contribution in [0, 0.1) is 0 Å². The van der Waals surface area contributed by atoms with Crippen LogP contribution in [0.5, 0.6) is 0 Å². The van der Waals surface area contributed by atoms with Crippen molar-refractivity contribution in [2.24, 2.45) is 0 Å². The second-order valence-electron chi connectivity index (χ2n) is 3.22. The first-order chi connectivity index (χ1) is 5.95. The first-order valence-corrected chi connectivity index (χ1v) is 6.20. The van der Waals surface area contributed by atoms with Gasteiger partial charge in [0.25, 0.3) is 0 Å². The fraction of sp³-hybridized carbons (Fsp3) is 1.00. The van der Waals surface area contributed by atoms with Crippen LogP contribution in [0.4, 0.5) is 0 Å². The highest BCUT2D eigenvalue weighted by atomic mass is 32.2. The van der Waals surface area contributed by atoms with Crippen LogP contribution in [0.3, 0.4) is 0 Å². The maximum Gasteiger partial charge on any atom is 0.215 e. The Kier molecular flexibility index (Phi) is 5.51. The number of hydrogen-bond acceptors (Lipinski definition) is 3. The molecule has 0 aromatic carbocycles. The Balaban J connectivity index is 4.40. The molecule has 0 saturated carbocycles. The highest BCUT2D eigenvalue weighted by Gasteiger charge is 2.21. The van der Waals surface area contributed by atoms with Crippen LogP contribution in [0.15, 0.2) is 0 Å². The van der Waals surface area contributed by atoms with Crippen molar-refractivity contribution in [2.45, 2.75) is 26.8 Å². The Hall–Kier alpha value is -0.130. The van der Waals surface area contributed by atoms with E-state index in [0.717, 1.165) is 0 Å². The van der Waals surface area contributed by atoms with Gasteiger partial charge in [-0.05, 0) is 20.9 Å². The molecular formula is C8H20N2O2S. The molecule has 80 valence electrons. The van der Waals surface area contributed by atoms with Crippen LogP contribution < -0.4 is 5.32 Å². The van der Waals surface area contributed by atoms with Gasteiger partial charge in [-0.25, -0.2) is 8.42 Å². The number of nitrogens with one attached hydrogen (secondary N) is 1. The van der Waals surface area contributed by atoms with Gasteiger partial charge in [0, 0.05) is 19.1 Å². The van der Waals surface area contributed by atoms with Crippen molar-refractivity contribution in [2.75, 3.05) is 25.9 Å². The van der Waals surface area contributed by atoms with Crippen molar-refractivity contribution in [3.63, 3.8) is 0 Å². The Bertz CT molecular complexity index is 224. The van der Waals surface area contributed by atoms with Crippen molar-refractivity contribution in [3.8, 4) is 0 Å². The summed E-state index contributed by atoms with van der Waals surface area (Å²) in [7, 11) is -1.31. The molecule has 5 heteroatoms. The minimum Gasteiger partial charge on any atom is -0.319 e. The van der Waals surface area contributed by atoms with Crippen molar-refractivity contribution < 1.29 is 8.42 Å². The average Bonchev–Trinajstić information content (AvgIpc) is 2.01. The van der Waals surface area contributed by atoms with Crippen LogP contribution in [0.25, 0.3) is 0 Å². The molecule has 13 heavy (non-hydrogen) atoms. The zero-order valence-electron chi connectivity index (χ0n) is 8.87. The predicted octanol–water partition coefficient (Wildman–Crippen LogP) is 0.266. The summed E-state index contributed by atoms with van der Waals surface area (Å²) in [5.41, 5.74) is 0. The molecule has 0 aromatic rings. The lowest BCUT2D eigenvalue weighted by atomic mass is 10.4. The quantitative estimate of drug-likeness (QED) is 0.681. The molecule has 0 aliphatic carbocycles. The first kappa shape index (κ1) is 12.9. The first-order valence-electron chi connectivity index (χ1n) is 4.59. The lowest BCUT2D eigenvalue weighted by molar-refractivity contribution is 0.369. The molecule has 0 rings (SSSR count). The summed E-state index contributed by atoms with van der Waals surface area (Å²) >= 11 is 0. The van der Waals surface area contributed by atoms with Crippen molar-refractivity contribution in [1.82, 2.24) is 9.62 Å². The van der Waals surface area contributed by atoms with Gasteiger partial charge in [-0.2, -0.15) is 4.31 Å². The average molecular weight is 208 g/mol. The third-order valence-electron chi connectivity index (χ3n) is 1.85. The fourth-order valence-electron chi connectivity index (χ4n) is 1.23. The Morgan fingerprint density at radius 1 is 1.38 bits per heavy atom. The molecule has 0 unspecified atom stereocenters. The van der Waals surface area contributed by atoms with Gasteiger partial charge in [-0.15, -0.1) is 0 Å². The molecule has 0 aliphatic heterocycles. The third-order valence-corrected chi connectivity index (χ3v) is 3.97. The molecule has 0 atom stereocenters. The van der Waals surface area contributed by atoms with E-state index >= 15 is 0 Å². The zero-order chi connectivity index (χ0) is 10.5. The van der Waals surface area contributed by atoms with Crippen molar-refractivity contribution in [3.05, 3.63) is 0 Å². The molecule has 0 bridgehead atoms. The van der Waals surface area contributed by atoms with Gasteiger partial charge in [0.1, 0.15) is 0 Å². The molecular weight excluding hydrogens is 188 g/mol. The van der Waals surface area contributed by atoms with E-state index in [-0.39, 0.29) is 11.8 Å². The highest BCUT2D eigenvalue weighted by Crippen LogP contribution is 2.05. The van der Waals surface area contributed by atoms with E-state index in [0.29, 0.717) is 13.1 Å². The molecule has 0 radical (unpaired) electrons. The summed E-state index contributed by atoms with van der Waals surface area (Å²) in [5.74, 6) is 0.176. The molecule has 0 fully saturated rings. The fourth-order valence-corrected chi connectivity index (χ4v) is 2.96. The van der Waals surface area contributed by atoms with Gasteiger partial charge >= 0.3 is 0 Å². The highest BCUT2D eigenvalue weighted by molar-refractivity contribution is 7.89. The van der Waals surface area contributed by atoms with E-state index in [1.54, 1.807) is 7.05 Å². The van der Waals surface area contributed by atoms with E-state index < -0.39 is 10.0 Å². The minimum atomic E-state index is -3.06. The molecule has 0 spiro atoms. The lowest BCUT2D eigenvalue weighted by Crippen LogP contribution is -2.40. The molecule has 0 aromatic heterocycles. The van der Waals surface area contributed by atoms with Crippen LogP contribution in [0.1, 0.15) is 20.8 Å². The lowest BCUT2D eigenvalue weighted by Gasteiger charge is -2.24. The van der Waals surface area contributed by atoms with Crippen LogP contribution in [-0.4, -0.2) is 44.7 Å². The Morgan fingerprint density at radius 2 is 1.92 bits per heavy atom. The van der Waals surface area contributed by atoms with Gasteiger partial charge in [-0.3, -0.25) is 0 Å². The van der Waals surface area contributed by atoms with Gasteiger partial charge in [0.05, 0.1) is 5.75 Å². The molecule has 0 saturated heterocycles. The standard InChI is InChI=1S/C8H20N2O2S/c1-5-10(8(2)3)13(11,12)7-6-9-4/h8-9H,5-7H2,1-4H3. The molecule has 0 amide bonds. The number of rotatable bonds is 6. The number of hydrogen-bond donors (Lipinski definition) is 1. The van der Waals surface area contributed by atoms with Crippen molar-refractivity contribution in [1.29, 1.82) is 0 Å². The normalized spacial score (nSPS) is 12.8. The van der Waals surface area contributed by atoms with E-state index in [2.05, 4.69) is 5.32 Å². The molecule has 1 N–H and O–H groups in total. The second-order valence-corrected chi connectivity index (χ2v) is 5.26. The van der Waals surface area contributed by atoms with E-state index in [1.807, 2.05) is 20.8 Å². The molecule has 0 aliphatic rings. The zero-order valence-corrected chi connectivity index (χ0v) is 9.69. The van der Waals surface area contributed by atoms with Crippen LogP contribution in [-0.2, 0) is 10.0 Å². The molecule has 4 nitrogen and oxygen atoms in total. The largest absolute Gasteiger partial charge is 0.319 e. The Morgan fingerprint density at radius 3 is 2.23 bits per heavy atom. The second kappa shape index (κ2) is 5.57. The summed E-state index contributed by atoms with van der Waals surface area (Å²) in [6.07, 6.45) is 0. The third kappa shape index (κ3) is 4.06. The summed E-state index contributed by atoms with van der Waals surface area (Å²) in [6.45, 7) is 6.69. The summed E-state index contributed by atoms with van der Waals surface area (Å²) < 4.78 is 24.8. The monoisotopic (exact) mass is 208 g/mol. The summed E-state index contributed by atoms with van der Waals surface area (Å²) in [5, 5.41) is 2.84. The van der Waals surface area contributed by atoms with Gasteiger partial charge in [-0.1, -0.05) is 6.92 Å². The maximum atomic E-state index is 11.6.